The van der Waals surface area contributed by atoms with Crippen LogP contribution in [0.15, 0.2) is 0 Å². The Balaban J connectivity index is 2.14. The van der Waals surface area contributed by atoms with E-state index in [2.05, 4.69) is 15.3 Å². The first kappa shape index (κ1) is 15.4. The quantitative estimate of drug-likeness (QED) is 0.861. The van der Waals surface area contributed by atoms with Crippen molar-refractivity contribution < 1.29 is 8.42 Å². The summed E-state index contributed by atoms with van der Waals surface area (Å²) in [6, 6.07) is 0.695. The Labute approximate surface area is 121 Å². The van der Waals surface area contributed by atoms with Crippen LogP contribution in [0.3, 0.4) is 0 Å². The van der Waals surface area contributed by atoms with Gasteiger partial charge < -0.3 is 5.32 Å². The Bertz CT molecular complexity index is 571. The Morgan fingerprint density at radius 3 is 2.25 bits per heavy atom. The van der Waals surface area contributed by atoms with E-state index in [1.165, 1.54) is 19.1 Å². The molecule has 0 aromatic carbocycles. The molecule has 1 atom stereocenters. The Morgan fingerprint density at radius 1 is 1.25 bits per heavy atom. The first-order valence-corrected chi connectivity index (χ1v) is 9.00. The van der Waals surface area contributed by atoms with Crippen LogP contribution in [0.1, 0.15) is 47.8 Å². The second-order valence-corrected chi connectivity index (χ2v) is 8.05. The predicted octanol–water partition coefficient (Wildman–Crippen LogP) is 1.49. The molecule has 1 heterocycles. The van der Waals surface area contributed by atoms with Crippen LogP contribution in [0.4, 0.5) is 0 Å². The second-order valence-electron chi connectivity index (χ2n) is 5.68. The maximum absolute atomic E-state index is 11.6. The summed E-state index contributed by atoms with van der Waals surface area (Å²) in [5.74, 6) is 0.404. The smallest absolute Gasteiger partial charge is 0.157 e. The van der Waals surface area contributed by atoms with E-state index in [-0.39, 0.29) is 0 Å². The first-order chi connectivity index (χ1) is 9.29. The number of rotatable bonds is 6. The fourth-order valence-corrected chi connectivity index (χ4v) is 2.68. The van der Waals surface area contributed by atoms with Crippen LogP contribution in [0.2, 0.25) is 0 Å². The molecule has 0 bridgehead atoms. The van der Waals surface area contributed by atoms with Crippen molar-refractivity contribution in [2.24, 2.45) is 0 Å². The molecule has 1 aromatic heterocycles. The van der Waals surface area contributed by atoms with Gasteiger partial charge in [-0.1, -0.05) is 0 Å². The molecule has 1 saturated carbocycles. The number of nitrogens with zero attached hydrogens (tertiary/aromatic N) is 2. The van der Waals surface area contributed by atoms with Gasteiger partial charge in [-0.15, -0.1) is 0 Å². The van der Waals surface area contributed by atoms with Crippen molar-refractivity contribution in [2.45, 2.75) is 51.3 Å². The number of aryl methyl sites for hydroxylation is 2. The number of aromatic nitrogens is 2. The molecule has 1 unspecified atom stereocenters. The fraction of sp³-hybridized carbons (Fsp3) is 0.714. The van der Waals surface area contributed by atoms with Crippen LogP contribution in [0, 0.1) is 13.8 Å². The lowest BCUT2D eigenvalue weighted by Crippen LogP contribution is -2.21. The maximum atomic E-state index is 11.6. The molecule has 1 N–H and O–H groups in total. The molecule has 0 amide bonds. The molecule has 1 aliphatic rings. The van der Waals surface area contributed by atoms with E-state index in [1.54, 1.807) is 6.92 Å². The molecule has 0 spiro atoms. The highest BCUT2D eigenvalue weighted by Crippen LogP contribution is 2.21. The summed E-state index contributed by atoms with van der Waals surface area (Å²) in [7, 11) is -3.16. The van der Waals surface area contributed by atoms with Gasteiger partial charge in [-0.3, -0.25) is 0 Å². The normalized spacial score (nSPS) is 17.2. The van der Waals surface area contributed by atoms with Crippen molar-refractivity contribution in [1.82, 2.24) is 15.3 Å². The summed E-state index contributed by atoms with van der Waals surface area (Å²) in [5.41, 5.74) is 2.91. The lowest BCUT2D eigenvalue weighted by molar-refractivity contribution is 0.588. The van der Waals surface area contributed by atoms with Gasteiger partial charge in [0.05, 0.1) is 0 Å². The Morgan fingerprint density at radius 2 is 1.80 bits per heavy atom. The average molecular weight is 297 g/mol. The van der Waals surface area contributed by atoms with Gasteiger partial charge in [0.25, 0.3) is 0 Å². The van der Waals surface area contributed by atoms with Crippen LogP contribution in [0.5, 0.6) is 0 Å². The van der Waals surface area contributed by atoms with Gasteiger partial charge >= 0.3 is 0 Å². The molecule has 1 fully saturated rings. The van der Waals surface area contributed by atoms with E-state index in [0.717, 1.165) is 29.9 Å². The molecule has 1 aliphatic carbocycles. The highest BCUT2D eigenvalue weighted by molar-refractivity contribution is 7.90. The zero-order chi connectivity index (χ0) is 14.9. The average Bonchev–Trinajstić information content (AvgIpc) is 3.14. The van der Waals surface area contributed by atoms with E-state index in [0.29, 0.717) is 11.9 Å². The van der Waals surface area contributed by atoms with Crippen LogP contribution >= 0.6 is 0 Å². The van der Waals surface area contributed by atoms with Crippen molar-refractivity contribution in [3.63, 3.8) is 0 Å². The van der Waals surface area contributed by atoms with E-state index in [9.17, 15) is 8.42 Å². The van der Waals surface area contributed by atoms with E-state index in [4.69, 9.17) is 0 Å². The number of hydrogen-bond acceptors (Lipinski definition) is 5. The largest absolute Gasteiger partial charge is 0.314 e. The third-order valence-corrected chi connectivity index (χ3v) is 5.32. The van der Waals surface area contributed by atoms with Gasteiger partial charge in [-0.25, -0.2) is 18.4 Å². The molecule has 20 heavy (non-hydrogen) atoms. The minimum atomic E-state index is -3.16. The third kappa shape index (κ3) is 3.76. The van der Waals surface area contributed by atoms with Gasteiger partial charge in [0.1, 0.15) is 11.1 Å². The molecular weight excluding hydrogens is 274 g/mol. The third-order valence-electron chi connectivity index (χ3n) is 3.83. The summed E-state index contributed by atoms with van der Waals surface area (Å²) in [5, 5.41) is 2.82. The van der Waals surface area contributed by atoms with Crippen molar-refractivity contribution in [1.29, 1.82) is 0 Å². The summed E-state index contributed by atoms with van der Waals surface area (Å²) >= 11 is 0. The first-order valence-electron chi connectivity index (χ1n) is 7.05. The second kappa shape index (κ2) is 5.77. The van der Waals surface area contributed by atoms with Crippen molar-refractivity contribution >= 4 is 9.84 Å². The van der Waals surface area contributed by atoms with Gasteiger partial charge in [0, 0.05) is 23.7 Å². The molecule has 5 nitrogen and oxygen atoms in total. The number of sulfone groups is 1. The zero-order valence-electron chi connectivity index (χ0n) is 12.6. The van der Waals surface area contributed by atoms with Crippen molar-refractivity contribution in [2.75, 3.05) is 12.8 Å². The van der Waals surface area contributed by atoms with E-state index >= 15 is 0 Å². The molecule has 0 aliphatic heterocycles. The predicted molar refractivity (Wildman–Crippen MR) is 79.5 cm³/mol. The number of nitrogens with one attached hydrogen (secondary N) is 1. The topological polar surface area (TPSA) is 72.0 Å². The summed E-state index contributed by atoms with van der Waals surface area (Å²) in [6.07, 6.45) is 4.67. The summed E-state index contributed by atoms with van der Waals surface area (Å²) < 4.78 is 23.2. The molecule has 2 rings (SSSR count). The van der Waals surface area contributed by atoms with Gasteiger partial charge in [0.15, 0.2) is 9.84 Å². The van der Waals surface area contributed by atoms with Crippen LogP contribution in [0.25, 0.3) is 0 Å². The summed E-state index contributed by atoms with van der Waals surface area (Å²) in [4.78, 5) is 8.79. The van der Waals surface area contributed by atoms with Gasteiger partial charge in [-0.2, -0.15) is 0 Å². The van der Waals surface area contributed by atoms with Crippen molar-refractivity contribution in [3.05, 3.63) is 22.8 Å². The Hall–Kier alpha value is -1.01. The highest BCUT2D eigenvalue weighted by atomic mass is 32.2. The monoisotopic (exact) mass is 297 g/mol. The molecule has 1 aromatic rings. The number of hydrogen-bond donors (Lipinski definition) is 1. The zero-order valence-corrected chi connectivity index (χ0v) is 13.4. The van der Waals surface area contributed by atoms with E-state index in [1.807, 2.05) is 13.8 Å². The van der Waals surface area contributed by atoms with Gasteiger partial charge in [0.2, 0.25) is 0 Å². The van der Waals surface area contributed by atoms with Gasteiger partial charge in [-0.05, 0) is 52.1 Å². The molecule has 0 radical (unpaired) electrons. The maximum Gasteiger partial charge on any atom is 0.157 e. The van der Waals surface area contributed by atoms with Crippen LogP contribution in [-0.2, 0) is 16.3 Å². The van der Waals surface area contributed by atoms with E-state index < -0.39 is 15.1 Å². The van der Waals surface area contributed by atoms with Crippen LogP contribution in [-0.4, -0.2) is 37.2 Å². The standard InChI is InChI=1S/C14H23N3O2S/c1-9-13(7-8-15-12-5-6-12)10(2)17-14(16-9)11(3)20(4,18)19/h11-12,15H,5-8H2,1-4H3. The Kier molecular flexibility index (Phi) is 4.44. The molecule has 6 heteroatoms. The van der Waals surface area contributed by atoms with Crippen LogP contribution < -0.4 is 5.32 Å². The highest BCUT2D eigenvalue weighted by Gasteiger charge is 2.23. The summed E-state index contributed by atoms with van der Waals surface area (Å²) in [6.45, 7) is 6.42. The minimum absolute atomic E-state index is 0.404. The SMILES string of the molecule is Cc1nc(C(C)S(C)(=O)=O)nc(C)c1CCNC1CC1. The minimum Gasteiger partial charge on any atom is -0.314 e. The lowest BCUT2D eigenvalue weighted by Gasteiger charge is -2.14. The molecular formula is C14H23N3O2S. The fourth-order valence-electron chi connectivity index (χ4n) is 2.19. The van der Waals surface area contributed by atoms with Crippen molar-refractivity contribution in [3.8, 4) is 0 Å². The molecule has 0 saturated heterocycles. The lowest BCUT2D eigenvalue weighted by atomic mass is 10.1. The molecule has 112 valence electrons.